The molecule has 1 saturated heterocycles. The third-order valence-electron chi connectivity index (χ3n) is 4.60. The first-order valence-electron chi connectivity index (χ1n) is 9.07. The molecule has 0 aliphatic carbocycles. The molecule has 1 fully saturated rings. The molecule has 1 atom stereocenters. The van der Waals surface area contributed by atoms with Crippen LogP contribution in [0, 0.1) is 0 Å². The normalized spacial score (nSPS) is 16.2. The minimum Gasteiger partial charge on any atom is -0.489 e. The van der Waals surface area contributed by atoms with Crippen molar-refractivity contribution in [2.24, 2.45) is 0 Å². The van der Waals surface area contributed by atoms with Crippen LogP contribution in [-0.4, -0.2) is 31.1 Å². The zero-order chi connectivity index (χ0) is 16.6. The van der Waals surface area contributed by atoms with E-state index in [1.54, 1.807) is 0 Å². The van der Waals surface area contributed by atoms with Crippen LogP contribution in [0.4, 0.5) is 0 Å². The first kappa shape index (κ1) is 17.0. The number of nitrogens with zero attached hydrogens (tertiary/aromatic N) is 1. The van der Waals surface area contributed by atoms with Gasteiger partial charge in [0.05, 0.1) is 0 Å². The van der Waals surface area contributed by atoms with Gasteiger partial charge in [0, 0.05) is 12.6 Å². The molecule has 0 spiro atoms. The Morgan fingerprint density at radius 3 is 2.58 bits per heavy atom. The number of likely N-dealkylation sites (N-methyl/N-ethyl adjacent to an activating group) is 1. The van der Waals surface area contributed by atoms with Gasteiger partial charge in [-0.15, -0.1) is 0 Å². The second kappa shape index (κ2) is 8.86. The zero-order valence-electron chi connectivity index (χ0n) is 14.6. The first-order chi connectivity index (χ1) is 11.8. The number of likely N-dealkylation sites (tertiary alicyclic amines) is 1. The van der Waals surface area contributed by atoms with Gasteiger partial charge in [-0.1, -0.05) is 49.4 Å². The average Bonchev–Trinajstić information content (AvgIpc) is 3.14. The van der Waals surface area contributed by atoms with Crippen molar-refractivity contribution in [3.63, 3.8) is 0 Å². The molecule has 0 aromatic heterocycles. The lowest BCUT2D eigenvalue weighted by molar-refractivity contribution is 0.290. The Balaban J connectivity index is 1.65. The molecule has 1 aliphatic rings. The third-order valence-corrected chi connectivity index (χ3v) is 4.60. The highest BCUT2D eigenvalue weighted by atomic mass is 16.5. The van der Waals surface area contributed by atoms with Gasteiger partial charge in [0.2, 0.25) is 0 Å². The second-order valence-electron chi connectivity index (χ2n) is 6.46. The van der Waals surface area contributed by atoms with Crippen molar-refractivity contribution in [2.45, 2.75) is 32.4 Å². The van der Waals surface area contributed by atoms with Crippen LogP contribution in [0.2, 0.25) is 0 Å². The molecule has 24 heavy (non-hydrogen) atoms. The number of rotatable bonds is 8. The molecule has 0 saturated carbocycles. The van der Waals surface area contributed by atoms with E-state index in [1.807, 2.05) is 24.3 Å². The molecule has 0 unspecified atom stereocenters. The highest BCUT2D eigenvalue weighted by molar-refractivity contribution is 5.31. The number of hydrogen-bond donors (Lipinski definition) is 1. The Morgan fingerprint density at radius 1 is 1.04 bits per heavy atom. The Labute approximate surface area is 145 Å². The SMILES string of the molecule is CCN[C@H](CN1CCCC1)c1cccc(OCc2ccccc2)c1. The molecule has 0 radical (unpaired) electrons. The number of benzene rings is 2. The van der Waals surface area contributed by atoms with Crippen LogP contribution in [0.25, 0.3) is 0 Å². The largest absolute Gasteiger partial charge is 0.489 e. The summed E-state index contributed by atoms with van der Waals surface area (Å²) in [5.74, 6) is 0.945. The fourth-order valence-electron chi connectivity index (χ4n) is 3.32. The van der Waals surface area contributed by atoms with Crippen LogP contribution in [0.3, 0.4) is 0 Å². The summed E-state index contributed by atoms with van der Waals surface area (Å²) < 4.78 is 5.99. The van der Waals surface area contributed by atoms with Gasteiger partial charge in [0.25, 0.3) is 0 Å². The van der Waals surface area contributed by atoms with E-state index in [9.17, 15) is 0 Å². The second-order valence-corrected chi connectivity index (χ2v) is 6.46. The summed E-state index contributed by atoms with van der Waals surface area (Å²) in [6, 6.07) is 19.2. The van der Waals surface area contributed by atoms with Gasteiger partial charge in [0.15, 0.2) is 0 Å². The molecule has 128 valence electrons. The van der Waals surface area contributed by atoms with Crippen LogP contribution in [-0.2, 0) is 6.61 Å². The Bertz CT molecular complexity index is 608. The van der Waals surface area contributed by atoms with Gasteiger partial charge in [-0.25, -0.2) is 0 Å². The summed E-state index contributed by atoms with van der Waals surface area (Å²) in [5.41, 5.74) is 2.51. The Hall–Kier alpha value is -1.84. The van der Waals surface area contributed by atoms with Crippen molar-refractivity contribution < 1.29 is 4.74 Å². The van der Waals surface area contributed by atoms with Crippen molar-refractivity contribution in [3.8, 4) is 5.75 Å². The highest BCUT2D eigenvalue weighted by Gasteiger charge is 2.18. The summed E-state index contributed by atoms with van der Waals surface area (Å²) in [6.45, 7) is 7.30. The number of ether oxygens (including phenoxy) is 1. The van der Waals surface area contributed by atoms with Crippen LogP contribution in [0.15, 0.2) is 54.6 Å². The topological polar surface area (TPSA) is 24.5 Å². The molecule has 3 heteroatoms. The van der Waals surface area contributed by atoms with Crippen LogP contribution in [0.1, 0.15) is 36.9 Å². The number of hydrogen-bond acceptors (Lipinski definition) is 3. The lowest BCUT2D eigenvalue weighted by atomic mass is 10.1. The summed E-state index contributed by atoms with van der Waals surface area (Å²) in [6.07, 6.45) is 2.66. The average molecular weight is 324 g/mol. The minimum absolute atomic E-state index is 0.369. The maximum Gasteiger partial charge on any atom is 0.120 e. The first-order valence-corrected chi connectivity index (χ1v) is 9.07. The van der Waals surface area contributed by atoms with Crippen molar-refractivity contribution in [2.75, 3.05) is 26.2 Å². The third kappa shape index (κ3) is 4.83. The van der Waals surface area contributed by atoms with E-state index in [0.717, 1.165) is 18.8 Å². The molecule has 2 aromatic rings. The van der Waals surface area contributed by atoms with Gasteiger partial charge in [-0.3, -0.25) is 0 Å². The predicted molar refractivity (Wildman–Crippen MR) is 99.3 cm³/mol. The summed E-state index contributed by atoms with van der Waals surface area (Å²) in [7, 11) is 0. The maximum atomic E-state index is 5.99. The van der Waals surface area contributed by atoms with Gasteiger partial charge >= 0.3 is 0 Å². The fraction of sp³-hybridized carbons (Fsp3) is 0.429. The van der Waals surface area contributed by atoms with Gasteiger partial charge in [-0.2, -0.15) is 0 Å². The lowest BCUT2D eigenvalue weighted by Crippen LogP contribution is -2.33. The molecule has 2 aromatic carbocycles. The van der Waals surface area contributed by atoms with Gasteiger partial charge in [0.1, 0.15) is 12.4 Å². The molecule has 1 aliphatic heterocycles. The van der Waals surface area contributed by atoms with Crippen molar-refractivity contribution in [1.29, 1.82) is 0 Å². The van der Waals surface area contributed by atoms with E-state index in [4.69, 9.17) is 4.74 Å². The van der Waals surface area contributed by atoms with E-state index in [-0.39, 0.29) is 0 Å². The van der Waals surface area contributed by atoms with E-state index in [1.165, 1.54) is 37.1 Å². The summed E-state index contributed by atoms with van der Waals surface area (Å²) in [4.78, 5) is 2.56. The van der Waals surface area contributed by atoms with Crippen molar-refractivity contribution in [1.82, 2.24) is 10.2 Å². The number of nitrogens with one attached hydrogen (secondary N) is 1. The molecule has 1 N–H and O–H groups in total. The van der Waals surface area contributed by atoms with Crippen molar-refractivity contribution >= 4 is 0 Å². The monoisotopic (exact) mass is 324 g/mol. The smallest absolute Gasteiger partial charge is 0.120 e. The van der Waals surface area contributed by atoms with Gasteiger partial charge < -0.3 is 15.0 Å². The Morgan fingerprint density at radius 2 is 1.83 bits per heavy atom. The minimum atomic E-state index is 0.369. The fourth-order valence-corrected chi connectivity index (χ4v) is 3.32. The lowest BCUT2D eigenvalue weighted by Gasteiger charge is -2.25. The standard InChI is InChI=1S/C21H28N2O/c1-2-22-21(16-23-13-6-7-14-23)19-11-8-12-20(15-19)24-17-18-9-4-3-5-10-18/h3-5,8-12,15,21-22H,2,6-7,13-14,16-17H2,1H3/t21-/m1/s1. The molecule has 3 rings (SSSR count). The zero-order valence-corrected chi connectivity index (χ0v) is 14.6. The van der Waals surface area contributed by atoms with Crippen LogP contribution >= 0.6 is 0 Å². The van der Waals surface area contributed by atoms with Gasteiger partial charge in [-0.05, 0) is 55.7 Å². The Kier molecular flexibility index (Phi) is 6.27. The summed E-state index contributed by atoms with van der Waals surface area (Å²) in [5, 5.41) is 3.63. The van der Waals surface area contributed by atoms with E-state index < -0.39 is 0 Å². The van der Waals surface area contributed by atoms with E-state index in [2.05, 4.69) is 47.5 Å². The predicted octanol–water partition coefficient (Wildman–Crippen LogP) is 4.01. The molecule has 0 bridgehead atoms. The van der Waals surface area contributed by atoms with Crippen molar-refractivity contribution in [3.05, 3.63) is 65.7 Å². The molecule has 1 heterocycles. The molecular formula is C21H28N2O. The molecule has 0 amide bonds. The quantitative estimate of drug-likeness (QED) is 0.794. The molecular weight excluding hydrogens is 296 g/mol. The van der Waals surface area contributed by atoms with E-state index >= 15 is 0 Å². The van der Waals surface area contributed by atoms with Crippen LogP contribution in [0.5, 0.6) is 5.75 Å². The maximum absolute atomic E-state index is 5.99. The van der Waals surface area contributed by atoms with E-state index in [0.29, 0.717) is 12.6 Å². The highest BCUT2D eigenvalue weighted by Crippen LogP contribution is 2.22. The molecule has 3 nitrogen and oxygen atoms in total. The summed E-state index contributed by atoms with van der Waals surface area (Å²) >= 11 is 0. The van der Waals surface area contributed by atoms with Crippen LogP contribution < -0.4 is 10.1 Å².